The van der Waals surface area contributed by atoms with Crippen LogP contribution in [-0.4, -0.2) is 34.8 Å². The predicted octanol–water partition coefficient (Wildman–Crippen LogP) is 4.57. The summed E-state index contributed by atoms with van der Waals surface area (Å²) in [6, 6.07) is 13.1. The molecule has 6 heteroatoms. The van der Waals surface area contributed by atoms with E-state index >= 15 is 0 Å². The molecule has 1 saturated heterocycles. The molecule has 0 radical (unpaired) electrons. The predicted molar refractivity (Wildman–Crippen MR) is 108 cm³/mol. The molecule has 1 unspecified atom stereocenters. The number of aliphatic hydroxyl groups excluding tert-OH is 1. The molecular formula is C22H22ClNO4. The van der Waals surface area contributed by atoms with E-state index in [1.54, 1.807) is 48.5 Å². The van der Waals surface area contributed by atoms with Crippen LogP contribution in [0.5, 0.6) is 5.75 Å². The van der Waals surface area contributed by atoms with Gasteiger partial charge in [-0.25, -0.2) is 0 Å². The first-order chi connectivity index (χ1) is 13.5. The van der Waals surface area contributed by atoms with Gasteiger partial charge in [0, 0.05) is 17.1 Å². The maximum atomic E-state index is 12.8. The minimum absolute atomic E-state index is 0.0879. The fourth-order valence-corrected chi connectivity index (χ4v) is 3.50. The molecule has 0 bridgehead atoms. The van der Waals surface area contributed by atoms with Crippen LogP contribution in [0.15, 0.2) is 54.1 Å². The number of likely N-dealkylation sites (tertiary alicyclic amines) is 1. The van der Waals surface area contributed by atoms with Crippen LogP contribution >= 0.6 is 11.6 Å². The Morgan fingerprint density at radius 1 is 1.07 bits per heavy atom. The number of ether oxygens (including phenoxy) is 1. The number of halogens is 1. The molecule has 0 saturated carbocycles. The van der Waals surface area contributed by atoms with Gasteiger partial charge in [-0.05, 0) is 55.3 Å². The summed E-state index contributed by atoms with van der Waals surface area (Å²) in [5.74, 6) is -0.811. The van der Waals surface area contributed by atoms with Crippen molar-refractivity contribution < 1.29 is 19.4 Å². The van der Waals surface area contributed by atoms with E-state index in [9.17, 15) is 14.7 Å². The van der Waals surface area contributed by atoms with Gasteiger partial charge in [0.25, 0.3) is 11.7 Å². The summed E-state index contributed by atoms with van der Waals surface area (Å²) in [7, 11) is 0. The standard InChI is InChI=1S/C22H22ClNO4/c1-3-13-24-19(14-5-9-16(23)10-6-14)18(21(26)22(24)27)20(25)15-7-11-17(12-8-15)28-4-2/h5-12,19,25H,3-4,13H2,1-2H3/b20-18-. The van der Waals surface area contributed by atoms with Crippen molar-refractivity contribution in [2.75, 3.05) is 13.2 Å². The van der Waals surface area contributed by atoms with Gasteiger partial charge in [0.05, 0.1) is 18.2 Å². The number of aliphatic hydroxyl groups is 1. The zero-order chi connectivity index (χ0) is 20.3. The summed E-state index contributed by atoms with van der Waals surface area (Å²) in [6.45, 7) is 4.77. The molecule has 1 aliphatic rings. The molecule has 0 aliphatic carbocycles. The summed E-state index contributed by atoms with van der Waals surface area (Å²) in [6.07, 6.45) is 0.695. The van der Waals surface area contributed by atoms with Crippen LogP contribution in [0.2, 0.25) is 5.02 Å². The highest BCUT2D eigenvalue weighted by molar-refractivity contribution is 6.46. The number of hydrogen-bond donors (Lipinski definition) is 1. The topological polar surface area (TPSA) is 66.8 Å². The van der Waals surface area contributed by atoms with E-state index in [4.69, 9.17) is 16.3 Å². The van der Waals surface area contributed by atoms with Crippen molar-refractivity contribution in [3.05, 3.63) is 70.3 Å². The first-order valence-electron chi connectivity index (χ1n) is 9.25. The van der Waals surface area contributed by atoms with E-state index in [0.29, 0.717) is 35.9 Å². The number of ketones is 1. The third kappa shape index (κ3) is 3.76. The number of Topliss-reactive ketones (excluding diaryl/α,β-unsaturated/α-hetero) is 1. The summed E-state index contributed by atoms with van der Waals surface area (Å²) in [5.41, 5.74) is 1.27. The van der Waals surface area contributed by atoms with Crippen molar-refractivity contribution in [1.82, 2.24) is 4.90 Å². The zero-order valence-corrected chi connectivity index (χ0v) is 16.6. The van der Waals surface area contributed by atoms with Gasteiger partial charge in [0.2, 0.25) is 0 Å². The summed E-state index contributed by atoms with van der Waals surface area (Å²) in [4.78, 5) is 26.9. The number of carbonyl (C=O) groups is 2. The average molecular weight is 400 g/mol. The Hall–Kier alpha value is -2.79. The van der Waals surface area contributed by atoms with Crippen molar-refractivity contribution in [3.8, 4) is 5.75 Å². The molecule has 3 rings (SSSR count). The maximum absolute atomic E-state index is 12.8. The van der Waals surface area contributed by atoms with Crippen LogP contribution in [0.3, 0.4) is 0 Å². The second kappa shape index (κ2) is 8.48. The van der Waals surface area contributed by atoms with Gasteiger partial charge in [-0.2, -0.15) is 0 Å². The number of benzene rings is 2. The Labute approximate surface area is 169 Å². The van der Waals surface area contributed by atoms with Crippen molar-refractivity contribution in [1.29, 1.82) is 0 Å². The molecular weight excluding hydrogens is 378 g/mol. The molecule has 1 heterocycles. The van der Waals surface area contributed by atoms with Gasteiger partial charge in [0.1, 0.15) is 11.5 Å². The van der Waals surface area contributed by atoms with Crippen LogP contribution in [0.25, 0.3) is 5.76 Å². The molecule has 2 aromatic rings. The fourth-order valence-electron chi connectivity index (χ4n) is 3.37. The molecule has 28 heavy (non-hydrogen) atoms. The van der Waals surface area contributed by atoms with E-state index in [2.05, 4.69) is 0 Å². The highest BCUT2D eigenvalue weighted by atomic mass is 35.5. The van der Waals surface area contributed by atoms with Crippen LogP contribution in [-0.2, 0) is 9.59 Å². The van der Waals surface area contributed by atoms with E-state index in [0.717, 1.165) is 5.56 Å². The third-order valence-electron chi connectivity index (χ3n) is 4.63. The molecule has 146 valence electrons. The third-order valence-corrected chi connectivity index (χ3v) is 4.88. The summed E-state index contributed by atoms with van der Waals surface area (Å²) in [5, 5.41) is 11.5. The van der Waals surface area contributed by atoms with Crippen LogP contribution in [0.4, 0.5) is 0 Å². The molecule has 0 aromatic heterocycles. The number of rotatable bonds is 6. The van der Waals surface area contributed by atoms with Gasteiger partial charge >= 0.3 is 0 Å². The molecule has 1 atom stereocenters. The highest BCUT2D eigenvalue weighted by Gasteiger charge is 2.45. The minimum Gasteiger partial charge on any atom is -0.507 e. The van der Waals surface area contributed by atoms with Crippen molar-refractivity contribution in [2.24, 2.45) is 0 Å². The minimum atomic E-state index is -0.681. The Kier molecular flexibility index (Phi) is 6.05. The van der Waals surface area contributed by atoms with Crippen molar-refractivity contribution in [3.63, 3.8) is 0 Å². The quantitative estimate of drug-likeness (QED) is 0.439. The van der Waals surface area contributed by atoms with Crippen LogP contribution in [0.1, 0.15) is 37.4 Å². The first-order valence-corrected chi connectivity index (χ1v) is 9.62. The molecule has 5 nitrogen and oxygen atoms in total. The van der Waals surface area contributed by atoms with E-state index in [1.165, 1.54) is 4.90 Å². The lowest BCUT2D eigenvalue weighted by Crippen LogP contribution is -2.30. The molecule has 0 spiro atoms. The lowest BCUT2D eigenvalue weighted by atomic mass is 9.95. The van der Waals surface area contributed by atoms with Gasteiger partial charge in [0.15, 0.2) is 0 Å². The fraction of sp³-hybridized carbons (Fsp3) is 0.273. The van der Waals surface area contributed by atoms with E-state index in [1.807, 2.05) is 13.8 Å². The number of hydrogen-bond acceptors (Lipinski definition) is 4. The number of amides is 1. The second-order valence-corrected chi connectivity index (χ2v) is 6.94. The SMILES string of the molecule is CCCN1C(=O)C(=O)/C(=C(\O)c2ccc(OCC)cc2)C1c1ccc(Cl)cc1. The molecule has 1 aliphatic heterocycles. The van der Waals surface area contributed by atoms with Crippen LogP contribution < -0.4 is 4.74 Å². The first kappa shape index (κ1) is 20.0. The summed E-state index contributed by atoms with van der Waals surface area (Å²) < 4.78 is 5.42. The van der Waals surface area contributed by atoms with Crippen molar-refractivity contribution in [2.45, 2.75) is 26.3 Å². The molecule has 1 fully saturated rings. The van der Waals surface area contributed by atoms with Gasteiger partial charge in [-0.15, -0.1) is 0 Å². The van der Waals surface area contributed by atoms with Gasteiger partial charge < -0.3 is 14.7 Å². The lowest BCUT2D eigenvalue weighted by Gasteiger charge is -2.24. The van der Waals surface area contributed by atoms with Crippen molar-refractivity contribution >= 4 is 29.1 Å². The normalized spacial score (nSPS) is 18.5. The monoisotopic (exact) mass is 399 g/mol. The number of nitrogens with zero attached hydrogens (tertiary/aromatic N) is 1. The Morgan fingerprint density at radius 3 is 2.29 bits per heavy atom. The Bertz CT molecular complexity index is 903. The smallest absolute Gasteiger partial charge is 0.295 e. The average Bonchev–Trinajstić information content (AvgIpc) is 2.94. The van der Waals surface area contributed by atoms with E-state index in [-0.39, 0.29) is 11.3 Å². The van der Waals surface area contributed by atoms with Gasteiger partial charge in [-0.1, -0.05) is 30.7 Å². The lowest BCUT2D eigenvalue weighted by molar-refractivity contribution is -0.139. The highest BCUT2D eigenvalue weighted by Crippen LogP contribution is 2.39. The zero-order valence-electron chi connectivity index (χ0n) is 15.8. The molecule has 1 N–H and O–H groups in total. The maximum Gasteiger partial charge on any atom is 0.295 e. The summed E-state index contributed by atoms with van der Waals surface area (Å²) >= 11 is 5.99. The number of carbonyl (C=O) groups excluding carboxylic acids is 2. The Balaban J connectivity index is 2.10. The molecule has 2 aromatic carbocycles. The van der Waals surface area contributed by atoms with Crippen LogP contribution in [0, 0.1) is 0 Å². The molecule has 1 amide bonds. The largest absolute Gasteiger partial charge is 0.507 e. The van der Waals surface area contributed by atoms with E-state index < -0.39 is 17.7 Å². The van der Waals surface area contributed by atoms with Gasteiger partial charge in [-0.3, -0.25) is 9.59 Å². The second-order valence-electron chi connectivity index (χ2n) is 6.50. The Morgan fingerprint density at radius 2 is 1.71 bits per heavy atom.